The first-order valence-electron chi connectivity index (χ1n) is 9.71. The molecule has 1 aromatic rings. The van der Waals surface area contributed by atoms with E-state index in [9.17, 15) is 19.6 Å². The summed E-state index contributed by atoms with van der Waals surface area (Å²) < 4.78 is 0. The molecule has 29 heavy (non-hydrogen) atoms. The standard InChI is InChI=1S/C20H28N4O4S/c1-13(2)11-16(18(26)22-24-12-17(25)21-20(24)29)15(19(27)23-28)10-6-9-14-7-4-3-5-8-14/h3-5,7-8,13,15-16,28H,6,9-12H2,1-2H3,(H,22,26)(H,23,27)(H,21,25,29)/t15-,16+/m0/s1. The van der Waals surface area contributed by atoms with Crippen molar-refractivity contribution in [3.05, 3.63) is 35.9 Å². The summed E-state index contributed by atoms with van der Waals surface area (Å²) in [7, 11) is 0. The molecule has 1 fully saturated rings. The topological polar surface area (TPSA) is 111 Å². The number of hydroxylamine groups is 1. The molecule has 0 saturated carbocycles. The number of rotatable bonds is 10. The van der Waals surface area contributed by atoms with E-state index >= 15 is 0 Å². The molecule has 9 heteroatoms. The van der Waals surface area contributed by atoms with Gasteiger partial charge in [0, 0.05) is 0 Å². The third-order valence-corrected chi connectivity index (χ3v) is 5.18. The second-order valence-electron chi connectivity index (χ2n) is 7.61. The first-order chi connectivity index (χ1) is 13.8. The Balaban J connectivity index is 2.10. The zero-order chi connectivity index (χ0) is 21.4. The van der Waals surface area contributed by atoms with Gasteiger partial charge in [-0.05, 0) is 49.4 Å². The number of carbonyl (C=O) groups is 3. The van der Waals surface area contributed by atoms with Gasteiger partial charge in [0.25, 0.3) is 0 Å². The van der Waals surface area contributed by atoms with Crippen LogP contribution in [0.4, 0.5) is 0 Å². The molecule has 3 amide bonds. The summed E-state index contributed by atoms with van der Waals surface area (Å²) >= 11 is 5.03. The lowest BCUT2D eigenvalue weighted by atomic mass is 9.81. The molecule has 0 aliphatic carbocycles. The van der Waals surface area contributed by atoms with Crippen LogP contribution >= 0.6 is 12.2 Å². The molecule has 2 atom stereocenters. The molecule has 0 aromatic heterocycles. The van der Waals surface area contributed by atoms with E-state index in [1.807, 2.05) is 44.2 Å². The van der Waals surface area contributed by atoms with Crippen LogP contribution in [-0.4, -0.2) is 39.6 Å². The van der Waals surface area contributed by atoms with E-state index in [1.165, 1.54) is 5.01 Å². The third kappa shape index (κ3) is 6.79. The van der Waals surface area contributed by atoms with Crippen LogP contribution in [0.25, 0.3) is 0 Å². The Kier molecular flexibility index (Phi) is 8.53. The molecule has 0 spiro atoms. The Hall–Kier alpha value is -2.52. The highest BCUT2D eigenvalue weighted by Gasteiger charge is 2.36. The van der Waals surface area contributed by atoms with Gasteiger partial charge < -0.3 is 0 Å². The van der Waals surface area contributed by atoms with Crippen molar-refractivity contribution in [3.63, 3.8) is 0 Å². The van der Waals surface area contributed by atoms with Crippen LogP contribution in [-0.2, 0) is 20.8 Å². The fraction of sp³-hybridized carbons (Fsp3) is 0.500. The number of hydrazine groups is 1. The molecular formula is C20H28N4O4S. The third-order valence-electron chi connectivity index (χ3n) is 4.86. The fourth-order valence-electron chi connectivity index (χ4n) is 3.48. The van der Waals surface area contributed by atoms with Gasteiger partial charge in [0.15, 0.2) is 5.11 Å². The van der Waals surface area contributed by atoms with Gasteiger partial charge in [0.05, 0.1) is 11.8 Å². The second kappa shape index (κ2) is 10.9. The molecule has 1 saturated heterocycles. The Morgan fingerprint density at radius 3 is 2.45 bits per heavy atom. The number of carbonyl (C=O) groups excluding carboxylic acids is 3. The highest BCUT2D eigenvalue weighted by atomic mass is 32.1. The van der Waals surface area contributed by atoms with Crippen molar-refractivity contribution in [2.75, 3.05) is 6.54 Å². The van der Waals surface area contributed by atoms with Gasteiger partial charge in [-0.3, -0.25) is 35.3 Å². The summed E-state index contributed by atoms with van der Waals surface area (Å²) in [6.45, 7) is 3.86. The van der Waals surface area contributed by atoms with Crippen LogP contribution in [0, 0.1) is 17.8 Å². The van der Waals surface area contributed by atoms with Crippen LogP contribution in [0.1, 0.15) is 38.7 Å². The minimum Gasteiger partial charge on any atom is -0.300 e. The predicted octanol–water partition coefficient (Wildman–Crippen LogP) is 1.54. The Bertz CT molecular complexity index is 741. The second-order valence-corrected chi connectivity index (χ2v) is 8.00. The van der Waals surface area contributed by atoms with Crippen molar-refractivity contribution < 1.29 is 19.6 Å². The number of hydrogen-bond acceptors (Lipinski definition) is 5. The molecule has 2 rings (SSSR count). The molecule has 8 nitrogen and oxygen atoms in total. The monoisotopic (exact) mass is 420 g/mol. The molecule has 0 radical (unpaired) electrons. The van der Waals surface area contributed by atoms with E-state index < -0.39 is 23.7 Å². The number of benzene rings is 1. The number of hydrogen-bond donors (Lipinski definition) is 4. The summed E-state index contributed by atoms with van der Waals surface area (Å²) in [5.41, 5.74) is 5.49. The van der Waals surface area contributed by atoms with Crippen molar-refractivity contribution in [1.82, 2.24) is 21.2 Å². The molecule has 0 bridgehead atoms. The zero-order valence-corrected chi connectivity index (χ0v) is 17.5. The Labute approximate surface area is 176 Å². The number of nitrogens with one attached hydrogen (secondary N) is 3. The van der Waals surface area contributed by atoms with E-state index in [1.54, 1.807) is 5.48 Å². The molecular weight excluding hydrogens is 392 g/mol. The maximum atomic E-state index is 13.0. The lowest BCUT2D eigenvalue weighted by molar-refractivity contribution is -0.142. The molecule has 1 aromatic carbocycles. The largest absolute Gasteiger partial charge is 0.300 e. The van der Waals surface area contributed by atoms with Crippen molar-refractivity contribution in [2.45, 2.75) is 39.5 Å². The molecule has 0 unspecified atom stereocenters. The van der Waals surface area contributed by atoms with Gasteiger partial charge >= 0.3 is 0 Å². The molecule has 1 aliphatic heterocycles. The first-order valence-corrected chi connectivity index (χ1v) is 10.1. The van der Waals surface area contributed by atoms with E-state index in [0.717, 1.165) is 12.0 Å². The lowest BCUT2D eigenvalue weighted by Gasteiger charge is -2.28. The number of thiocarbonyl (C=S) groups is 1. The molecule has 1 aliphatic rings. The average molecular weight is 421 g/mol. The summed E-state index contributed by atoms with van der Waals surface area (Å²) in [6, 6.07) is 9.87. The summed E-state index contributed by atoms with van der Waals surface area (Å²) in [4.78, 5) is 36.8. The Morgan fingerprint density at radius 1 is 1.21 bits per heavy atom. The van der Waals surface area contributed by atoms with Gasteiger partial charge in [-0.2, -0.15) is 0 Å². The fourth-order valence-corrected chi connectivity index (χ4v) is 3.70. The molecule has 1 heterocycles. The summed E-state index contributed by atoms with van der Waals surface area (Å²) in [5, 5.41) is 13.1. The van der Waals surface area contributed by atoms with E-state index in [4.69, 9.17) is 12.2 Å². The number of amides is 3. The van der Waals surface area contributed by atoms with Crippen LogP contribution in [0.2, 0.25) is 0 Å². The van der Waals surface area contributed by atoms with Gasteiger partial charge in [-0.1, -0.05) is 44.2 Å². The summed E-state index contributed by atoms with van der Waals surface area (Å²) in [5.74, 6) is -2.51. The van der Waals surface area contributed by atoms with Gasteiger partial charge in [0.1, 0.15) is 6.54 Å². The van der Waals surface area contributed by atoms with Crippen molar-refractivity contribution in [2.24, 2.45) is 17.8 Å². The maximum absolute atomic E-state index is 13.0. The van der Waals surface area contributed by atoms with Gasteiger partial charge in [-0.15, -0.1) is 0 Å². The van der Waals surface area contributed by atoms with Gasteiger partial charge in [0.2, 0.25) is 17.7 Å². The number of aryl methyl sites for hydroxylation is 1. The quantitative estimate of drug-likeness (QED) is 0.260. The molecule has 158 valence electrons. The first kappa shape index (κ1) is 22.8. The van der Waals surface area contributed by atoms with Crippen LogP contribution in [0.5, 0.6) is 0 Å². The molecule has 4 N–H and O–H groups in total. The van der Waals surface area contributed by atoms with E-state index in [2.05, 4.69) is 10.7 Å². The van der Waals surface area contributed by atoms with Gasteiger partial charge in [-0.25, -0.2) is 5.48 Å². The average Bonchev–Trinajstić information content (AvgIpc) is 3.00. The van der Waals surface area contributed by atoms with Crippen LogP contribution < -0.4 is 16.2 Å². The van der Waals surface area contributed by atoms with Crippen molar-refractivity contribution in [1.29, 1.82) is 0 Å². The van der Waals surface area contributed by atoms with Crippen molar-refractivity contribution >= 4 is 35.1 Å². The predicted molar refractivity (Wildman–Crippen MR) is 111 cm³/mol. The smallest absolute Gasteiger partial charge is 0.247 e. The number of nitrogens with zero attached hydrogens (tertiary/aromatic N) is 1. The van der Waals surface area contributed by atoms with E-state index in [-0.39, 0.29) is 23.5 Å². The zero-order valence-electron chi connectivity index (χ0n) is 16.7. The van der Waals surface area contributed by atoms with E-state index in [0.29, 0.717) is 19.3 Å². The van der Waals surface area contributed by atoms with Crippen LogP contribution in [0.3, 0.4) is 0 Å². The highest BCUT2D eigenvalue weighted by molar-refractivity contribution is 7.80. The maximum Gasteiger partial charge on any atom is 0.247 e. The summed E-state index contributed by atoms with van der Waals surface area (Å²) in [6.07, 6.45) is 2.35. The highest BCUT2D eigenvalue weighted by Crippen LogP contribution is 2.26. The minimum atomic E-state index is -0.703. The Morgan fingerprint density at radius 2 is 1.90 bits per heavy atom. The normalized spacial score (nSPS) is 15.8. The minimum absolute atomic E-state index is 0.0656. The SMILES string of the molecule is CC(C)C[C@@H](C(=O)NN1CC(=O)NC1=S)[C@H](CCCc1ccccc1)C(=O)NO. The van der Waals surface area contributed by atoms with Crippen LogP contribution in [0.15, 0.2) is 30.3 Å². The van der Waals surface area contributed by atoms with Crippen molar-refractivity contribution in [3.8, 4) is 0 Å². The lowest BCUT2D eigenvalue weighted by Crippen LogP contribution is -2.49.